The summed E-state index contributed by atoms with van der Waals surface area (Å²) in [4.78, 5) is 19.6. The van der Waals surface area contributed by atoms with E-state index in [4.69, 9.17) is 16.3 Å². The van der Waals surface area contributed by atoms with E-state index in [1.807, 2.05) is 17.5 Å². The minimum absolute atomic E-state index is 0.205. The zero-order valence-corrected chi connectivity index (χ0v) is 18.6. The van der Waals surface area contributed by atoms with Crippen molar-refractivity contribution < 1.29 is 9.53 Å². The van der Waals surface area contributed by atoms with Crippen LogP contribution in [-0.2, 0) is 11.3 Å². The Labute approximate surface area is 183 Å². The number of carbonyl (C=O) groups is 1. The van der Waals surface area contributed by atoms with Crippen LogP contribution in [0.1, 0.15) is 35.7 Å². The number of carbonyl (C=O) groups excluding carboxylic acids is 1. The lowest BCUT2D eigenvalue weighted by atomic mass is 10.2. The molecule has 1 aliphatic heterocycles. The van der Waals surface area contributed by atoms with Crippen LogP contribution in [0.2, 0.25) is 5.02 Å². The number of aromatic nitrogens is 4. The molecule has 10 heteroatoms. The molecule has 30 heavy (non-hydrogen) atoms. The SMILES string of the molecule is Cc1c(C(=O)Nc2nc(CN3CC(C)OC(C)C3)cs2)nnn1-c1cccc(Cl)c1. The summed E-state index contributed by atoms with van der Waals surface area (Å²) in [7, 11) is 0. The molecule has 0 spiro atoms. The van der Waals surface area contributed by atoms with Gasteiger partial charge in [0.05, 0.1) is 29.3 Å². The summed E-state index contributed by atoms with van der Waals surface area (Å²) in [6, 6.07) is 7.23. The lowest BCUT2D eigenvalue weighted by Gasteiger charge is -2.34. The molecule has 2 atom stereocenters. The van der Waals surface area contributed by atoms with Crippen LogP contribution >= 0.6 is 22.9 Å². The van der Waals surface area contributed by atoms with Gasteiger partial charge in [-0.2, -0.15) is 0 Å². The van der Waals surface area contributed by atoms with Crippen LogP contribution in [0.5, 0.6) is 0 Å². The molecule has 0 bridgehead atoms. The predicted octanol–water partition coefficient (Wildman–Crippen LogP) is 3.55. The van der Waals surface area contributed by atoms with Gasteiger partial charge in [-0.05, 0) is 39.0 Å². The van der Waals surface area contributed by atoms with Crippen LogP contribution < -0.4 is 5.32 Å². The minimum Gasteiger partial charge on any atom is -0.373 e. The van der Waals surface area contributed by atoms with Crippen molar-refractivity contribution in [3.05, 3.63) is 51.7 Å². The first-order valence-corrected chi connectivity index (χ1v) is 11.0. The largest absolute Gasteiger partial charge is 0.373 e. The Kier molecular flexibility index (Phi) is 6.14. The van der Waals surface area contributed by atoms with Gasteiger partial charge in [0.15, 0.2) is 10.8 Å². The van der Waals surface area contributed by atoms with Gasteiger partial charge in [-0.15, -0.1) is 16.4 Å². The van der Waals surface area contributed by atoms with Crippen molar-refractivity contribution in [2.75, 3.05) is 18.4 Å². The number of benzene rings is 1. The van der Waals surface area contributed by atoms with Crippen LogP contribution in [0.15, 0.2) is 29.6 Å². The second-order valence-corrected chi connectivity index (χ2v) is 8.76. The van der Waals surface area contributed by atoms with Crippen LogP contribution in [-0.4, -0.2) is 56.1 Å². The van der Waals surface area contributed by atoms with Crippen LogP contribution in [0.3, 0.4) is 0 Å². The van der Waals surface area contributed by atoms with E-state index in [-0.39, 0.29) is 23.8 Å². The Morgan fingerprint density at radius 2 is 2.10 bits per heavy atom. The standard InChI is InChI=1S/C20H23ClN6O2S/c1-12-8-26(9-13(2)29-12)10-16-11-30-20(22-16)23-19(28)18-14(3)27(25-24-18)17-6-4-5-15(21)7-17/h4-7,11-13H,8-10H2,1-3H3,(H,22,23,28). The Balaban J connectivity index is 1.43. The van der Waals surface area contributed by atoms with Gasteiger partial charge < -0.3 is 4.74 Å². The Morgan fingerprint density at radius 1 is 1.33 bits per heavy atom. The summed E-state index contributed by atoms with van der Waals surface area (Å²) in [6.07, 6.45) is 0.410. The zero-order chi connectivity index (χ0) is 21.3. The van der Waals surface area contributed by atoms with Crippen LogP contribution in [0.25, 0.3) is 5.69 Å². The van der Waals surface area contributed by atoms with Crippen molar-refractivity contribution in [3.63, 3.8) is 0 Å². The molecule has 1 saturated heterocycles. The third kappa shape index (κ3) is 4.70. The number of halogens is 1. The van der Waals surface area contributed by atoms with E-state index >= 15 is 0 Å². The first kappa shape index (κ1) is 20.9. The summed E-state index contributed by atoms with van der Waals surface area (Å²) < 4.78 is 7.37. The van der Waals surface area contributed by atoms with Gasteiger partial charge in [0.2, 0.25) is 0 Å². The van der Waals surface area contributed by atoms with E-state index < -0.39 is 0 Å². The van der Waals surface area contributed by atoms with Gasteiger partial charge in [0.1, 0.15) is 0 Å². The molecular formula is C20H23ClN6O2S. The van der Waals surface area contributed by atoms with E-state index in [2.05, 4.69) is 39.4 Å². The third-order valence-electron chi connectivity index (χ3n) is 4.82. The molecule has 0 aliphatic carbocycles. The Hall–Kier alpha value is -2.33. The van der Waals surface area contributed by atoms with Crippen molar-refractivity contribution in [1.29, 1.82) is 0 Å². The zero-order valence-electron chi connectivity index (χ0n) is 17.0. The topological polar surface area (TPSA) is 85.2 Å². The normalized spacial score (nSPS) is 19.7. The lowest BCUT2D eigenvalue weighted by Crippen LogP contribution is -2.44. The monoisotopic (exact) mass is 446 g/mol. The summed E-state index contributed by atoms with van der Waals surface area (Å²) in [5, 5.41) is 14.1. The van der Waals surface area contributed by atoms with Crippen LogP contribution in [0, 0.1) is 6.92 Å². The molecule has 0 radical (unpaired) electrons. The summed E-state index contributed by atoms with van der Waals surface area (Å²) >= 11 is 7.45. The molecule has 3 aromatic rings. The number of ether oxygens (including phenoxy) is 1. The smallest absolute Gasteiger partial charge is 0.279 e. The van der Waals surface area contributed by atoms with Gasteiger partial charge in [0.25, 0.3) is 5.91 Å². The van der Waals surface area contributed by atoms with Gasteiger partial charge in [-0.1, -0.05) is 22.9 Å². The average Bonchev–Trinajstić information content (AvgIpc) is 3.27. The number of rotatable bonds is 5. The first-order valence-electron chi connectivity index (χ1n) is 9.71. The molecule has 1 N–H and O–H groups in total. The molecule has 1 aromatic carbocycles. The van der Waals surface area contributed by atoms with Gasteiger partial charge in [-0.25, -0.2) is 9.67 Å². The second-order valence-electron chi connectivity index (χ2n) is 7.46. The van der Waals surface area contributed by atoms with E-state index in [0.29, 0.717) is 15.8 Å². The molecule has 1 amide bonds. The van der Waals surface area contributed by atoms with E-state index in [1.54, 1.807) is 23.7 Å². The highest BCUT2D eigenvalue weighted by atomic mass is 35.5. The average molecular weight is 447 g/mol. The summed E-state index contributed by atoms with van der Waals surface area (Å²) in [5.41, 5.74) is 2.55. The number of nitrogens with zero attached hydrogens (tertiary/aromatic N) is 5. The maximum absolute atomic E-state index is 12.7. The number of amides is 1. The molecule has 2 aromatic heterocycles. The van der Waals surface area contributed by atoms with Crippen LogP contribution in [0.4, 0.5) is 5.13 Å². The predicted molar refractivity (Wildman–Crippen MR) is 116 cm³/mol. The molecule has 2 unspecified atom stereocenters. The highest BCUT2D eigenvalue weighted by Gasteiger charge is 2.23. The van der Waals surface area contributed by atoms with E-state index in [1.165, 1.54) is 11.3 Å². The fourth-order valence-electron chi connectivity index (χ4n) is 3.63. The quantitative estimate of drug-likeness (QED) is 0.645. The van der Waals surface area contributed by atoms with Crippen molar-refractivity contribution in [3.8, 4) is 5.69 Å². The number of hydrogen-bond acceptors (Lipinski definition) is 7. The van der Waals surface area contributed by atoms with E-state index in [0.717, 1.165) is 31.0 Å². The molecule has 3 heterocycles. The first-order chi connectivity index (χ1) is 14.4. The molecule has 8 nitrogen and oxygen atoms in total. The molecular weight excluding hydrogens is 424 g/mol. The van der Waals surface area contributed by atoms with Crippen molar-refractivity contribution in [2.45, 2.75) is 39.5 Å². The maximum Gasteiger partial charge on any atom is 0.279 e. The minimum atomic E-state index is -0.338. The van der Waals surface area contributed by atoms with Crippen molar-refractivity contribution >= 4 is 34.0 Å². The van der Waals surface area contributed by atoms with Gasteiger partial charge in [0, 0.05) is 30.0 Å². The van der Waals surface area contributed by atoms with Gasteiger partial charge >= 0.3 is 0 Å². The number of nitrogens with one attached hydrogen (secondary N) is 1. The maximum atomic E-state index is 12.7. The molecule has 4 rings (SSSR count). The Morgan fingerprint density at radius 3 is 2.83 bits per heavy atom. The van der Waals surface area contributed by atoms with E-state index in [9.17, 15) is 4.79 Å². The Bertz CT molecular complexity index is 1040. The molecule has 158 valence electrons. The number of hydrogen-bond donors (Lipinski definition) is 1. The van der Waals surface area contributed by atoms with Crippen molar-refractivity contribution in [1.82, 2.24) is 24.9 Å². The summed E-state index contributed by atoms with van der Waals surface area (Å²) in [5.74, 6) is -0.338. The number of anilines is 1. The van der Waals surface area contributed by atoms with Gasteiger partial charge in [-0.3, -0.25) is 15.0 Å². The third-order valence-corrected chi connectivity index (χ3v) is 5.86. The highest BCUT2D eigenvalue weighted by Crippen LogP contribution is 2.21. The molecule has 1 fully saturated rings. The van der Waals surface area contributed by atoms with Crippen molar-refractivity contribution in [2.24, 2.45) is 0 Å². The lowest BCUT2D eigenvalue weighted by molar-refractivity contribution is -0.0707. The summed E-state index contributed by atoms with van der Waals surface area (Å²) in [6.45, 7) is 8.42. The highest BCUT2D eigenvalue weighted by molar-refractivity contribution is 7.13. The fourth-order valence-corrected chi connectivity index (χ4v) is 4.51. The molecule has 0 saturated carbocycles. The number of thiazole rings is 1. The number of morpholine rings is 1. The second kappa shape index (κ2) is 8.81. The molecule has 1 aliphatic rings. The fraction of sp³-hybridized carbons (Fsp3) is 0.400.